The zero-order valence-electron chi connectivity index (χ0n) is 11.2. The van der Waals surface area contributed by atoms with Crippen LogP contribution in [0.1, 0.15) is 10.4 Å². The lowest BCUT2D eigenvalue weighted by molar-refractivity contribution is 0.583. The third-order valence-electron chi connectivity index (χ3n) is 2.70. The minimum absolute atomic E-state index is 0.0286. The quantitative estimate of drug-likeness (QED) is 0.844. The van der Waals surface area contributed by atoms with Gasteiger partial charge in [0.05, 0.1) is 5.02 Å². The Bertz CT molecular complexity index is 732. The first-order chi connectivity index (χ1) is 9.92. The molecule has 2 N–H and O–H groups in total. The number of rotatable bonds is 6. The van der Waals surface area contributed by atoms with E-state index in [1.165, 1.54) is 29.5 Å². The van der Waals surface area contributed by atoms with Gasteiger partial charge in [-0.2, -0.15) is 0 Å². The molecule has 114 valence electrons. The maximum absolute atomic E-state index is 13.0. The number of benzene rings is 1. The van der Waals surface area contributed by atoms with E-state index in [2.05, 4.69) is 10.0 Å². The van der Waals surface area contributed by atoms with Gasteiger partial charge in [0, 0.05) is 18.0 Å². The van der Waals surface area contributed by atoms with E-state index in [4.69, 9.17) is 11.6 Å². The molecule has 0 aliphatic rings. The molecule has 0 saturated carbocycles. The zero-order valence-corrected chi connectivity index (χ0v) is 13.6. The Balaban J connectivity index is 2.08. The fourth-order valence-corrected chi connectivity index (χ4v) is 4.30. The van der Waals surface area contributed by atoms with Gasteiger partial charge < -0.3 is 5.32 Å². The van der Waals surface area contributed by atoms with Crippen LogP contribution in [0.4, 0.5) is 4.39 Å². The summed E-state index contributed by atoms with van der Waals surface area (Å²) < 4.78 is 40.1. The van der Waals surface area contributed by atoms with E-state index in [0.29, 0.717) is 12.1 Å². The summed E-state index contributed by atoms with van der Waals surface area (Å²) in [6.07, 6.45) is 0. The summed E-state index contributed by atoms with van der Waals surface area (Å²) in [6, 6.07) is 7.44. The average Bonchev–Trinajstić information content (AvgIpc) is 2.90. The van der Waals surface area contributed by atoms with E-state index in [1.807, 2.05) is 0 Å². The number of thiophene rings is 1. The molecule has 0 atom stereocenters. The summed E-state index contributed by atoms with van der Waals surface area (Å²) in [4.78, 5) is 0.933. The number of hydrogen-bond acceptors (Lipinski definition) is 4. The Hall–Kier alpha value is -0.990. The van der Waals surface area contributed by atoms with Crippen molar-refractivity contribution in [2.45, 2.75) is 17.3 Å². The van der Waals surface area contributed by atoms with E-state index in [1.54, 1.807) is 19.2 Å². The lowest BCUT2D eigenvalue weighted by Gasteiger charge is -2.05. The summed E-state index contributed by atoms with van der Waals surface area (Å²) >= 11 is 6.87. The molecular weight excluding hydrogens is 335 g/mol. The molecule has 2 aromatic rings. The van der Waals surface area contributed by atoms with Gasteiger partial charge in [0.2, 0.25) is 10.0 Å². The second-order valence-electron chi connectivity index (χ2n) is 4.32. The molecule has 0 fully saturated rings. The molecule has 0 saturated heterocycles. The molecule has 0 aliphatic carbocycles. The number of sulfonamides is 1. The Morgan fingerprint density at radius 2 is 2.00 bits per heavy atom. The highest BCUT2D eigenvalue weighted by Gasteiger charge is 2.16. The van der Waals surface area contributed by atoms with Crippen molar-refractivity contribution in [1.82, 2.24) is 10.0 Å². The van der Waals surface area contributed by atoms with Crippen molar-refractivity contribution < 1.29 is 12.8 Å². The second kappa shape index (κ2) is 6.85. The van der Waals surface area contributed by atoms with Crippen LogP contribution < -0.4 is 10.0 Å². The van der Waals surface area contributed by atoms with Gasteiger partial charge in [0.25, 0.3) is 0 Å². The monoisotopic (exact) mass is 348 g/mol. The van der Waals surface area contributed by atoms with Gasteiger partial charge in [-0.1, -0.05) is 17.7 Å². The molecule has 0 spiro atoms. The first kappa shape index (κ1) is 16.4. The van der Waals surface area contributed by atoms with Gasteiger partial charge in [-0.05, 0) is 36.9 Å². The predicted octanol–water partition coefficient (Wildman–Crippen LogP) is 2.74. The van der Waals surface area contributed by atoms with Crippen LogP contribution >= 0.6 is 22.9 Å². The van der Waals surface area contributed by atoms with E-state index in [0.717, 1.165) is 4.88 Å². The van der Waals surface area contributed by atoms with Crippen molar-refractivity contribution >= 4 is 33.0 Å². The standard InChI is InChI=1S/C13H14ClFN2O2S2/c1-16-8-10-3-5-13(20-10)21(18,19)17-7-9-2-4-12(15)11(14)6-9/h2-6,16-17H,7-8H2,1H3. The Morgan fingerprint density at radius 1 is 1.24 bits per heavy atom. The van der Waals surface area contributed by atoms with Crippen LogP contribution in [0.5, 0.6) is 0 Å². The average molecular weight is 349 g/mol. The predicted molar refractivity (Wildman–Crippen MR) is 82.5 cm³/mol. The van der Waals surface area contributed by atoms with Gasteiger partial charge >= 0.3 is 0 Å². The summed E-state index contributed by atoms with van der Waals surface area (Å²) in [7, 11) is -1.78. The van der Waals surface area contributed by atoms with Gasteiger partial charge in [0.1, 0.15) is 10.0 Å². The fraction of sp³-hybridized carbons (Fsp3) is 0.231. The highest BCUT2D eigenvalue weighted by Crippen LogP contribution is 2.22. The Labute approximate surface area is 132 Å². The van der Waals surface area contributed by atoms with Crippen LogP contribution in [0, 0.1) is 5.82 Å². The van der Waals surface area contributed by atoms with Gasteiger partial charge in [-0.25, -0.2) is 17.5 Å². The lowest BCUT2D eigenvalue weighted by atomic mass is 10.2. The largest absolute Gasteiger partial charge is 0.315 e. The van der Waals surface area contributed by atoms with Crippen molar-refractivity contribution in [2.24, 2.45) is 0 Å². The first-order valence-electron chi connectivity index (χ1n) is 6.09. The Kier molecular flexibility index (Phi) is 5.34. The molecule has 0 aliphatic heterocycles. The first-order valence-corrected chi connectivity index (χ1v) is 8.77. The maximum Gasteiger partial charge on any atom is 0.250 e. The third-order valence-corrected chi connectivity index (χ3v) is 5.97. The van der Waals surface area contributed by atoms with Crippen LogP contribution in [-0.4, -0.2) is 15.5 Å². The van der Waals surface area contributed by atoms with Crippen LogP contribution in [0.25, 0.3) is 0 Å². The van der Waals surface area contributed by atoms with E-state index in [-0.39, 0.29) is 15.8 Å². The highest BCUT2D eigenvalue weighted by atomic mass is 35.5. The third kappa shape index (κ3) is 4.24. The van der Waals surface area contributed by atoms with Crippen molar-refractivity contribution in [3.05, 3.63) is 51.6 Å². The minimum Gasteiger partial charge on any atom is -0.315 e. The molecule has 0 bridgehead atoms. The lowest BCUT2D eigenvalue weighted by Crippen LogP contribution is -2.22. The highest BCUT2D eigenvalue weighted by molar-refractivity contribution is 7.91. The SMILES string of the molecule is CNCc1ccc(S(=O)(=O)NCc2ccc(F)c(Cl)c2)s1. The van der Waals surface area contributed by atoms with Crippen molar-refractivity contribution in [3.8, 4) is 0 Å². The molecular formula is C13H14ClFN2O2S2. The van der Waals surface area contributed by atoms with Gasteiger partial charge in [-0.3, -0.25) is 0 Å². The topological polar surface area (TPSA) is 58.2 Å². The van der Waals surface area contributed by atoms with E-state index in [9.17, 15) is 12.8 Å². The molecule has 8 heteroatoms. The summed E-state index contributed by atoms with van der Waals surface area (Å²) in [5.74, 6) is -0.529. The zero-order chi connectivity index (χ0) is 15.5. The number of hydrogen-bond donors (Lipinski definition) is 2. The van der Waals surface area contributed by atoms with Crippen LogP contribution in [0.2, 0.25) is 5.02 Å². The second-order valence-corrected chi connectivity index (χ2v) is 7.89. The van der Waals surface area contributed by atoms with Crippen molar-refractivity contribution in [3.63, 3.8) is 0 Å². The van der Waals surface area contributed by atoms with Crippen molar-refractivity contribution in [1.29, 1.82) is 0 Å². The van der Waals surface area contributed by atoms with Crippen molar-refractivity contribution in [2.75, 3.05) is 7.05 Å². The maximum atomic E-state index is 13.0. The van der Waals surface area contributed by atoms with Gasteiger partial charge in [0.15, 0.2) is 0 Å². The normalized spacial score (nSPS) is 11.8. The molecule has 0 unspecified atom stereocenters. The molecule has 21 heavy (non-hydrogen) atoms. The molecule has 0 amide bonds. The smallest absolute Gasteiger partial charge is 0.250 e. The van der Waals surface area contributed by atoms with E-state index >= 15 is 0 Å². The summed E-state index contributed by atoms with van der Waals surface area (Å²) in [6.45, 7) is 0.676. The fourth-order valence-electron chi connectivity index (χ4n) is 1.67. The summed E-state index contributed by atoms with van der Waals surface area (Å²) in [5, 5.41) is 2.93. The van der Waals surface area contributed by atoms with Gasteiger partial charge in [-0.15, -0.1) is 11.3 Å². The van der Waals surface area contributed by atoms with Crippen LogP contribution in [0.3, 0.4) is 0 Å². The molecule has 4 nitrogen and oxygen atoms in total. The molecule has 1 aromatic carbocycles. The van der Waals surface area contributed by atoms with Crippen LogP contribution in [0.15, 0.2) is 34.5 Å². The molecule has 1 heterocycles. The Morgan fingerprint density at radius 3 is 2.67 bits per heavy atom. The number of nitrogens with one attached hydrogen (secondary N) is 2. The van der Waals surface area contributed by atoms with Crippen LogP contribution in [-0.2, 0) is 23.1 Å². The number of halogens is 2. The minimum atomic E-state index is -3.58. The molecule has 1 aromatic heterocycles. The van der Waals surface area contributed by atoms with E-state index < -0.39 is 15.8 Å². The summed E-state index contributed by atoms with van der Waals surface area (Å²) in [5.41, 5.74) is 0.594. The molecule has 0 radical (unpaired) electrons. The molecule has 2 rings (SSSR count).